The van der Waals surface area contributed by atoms with Crippen molar-refractivity contribution in [1.29, 1.82) is 0 Å². The van der Waals surface area contributed by atoms with Gasteiger partial charge in [0, 0.05) is 11.1 Å². The Morgan fingerprint density at radius 2 is 1.03 bits per heavy atom. The highest BCUT2D eigenvalue weighted by Gasteiger charge is 2.12. The molecule has 0 bridgehead atoms. The van der Waals surface area contributed by atoms with Gasteiger partial charge in [-0.3, -0.25) is 0 Å². The van der Waals surface area contributed by atoms with Gasteiger partial charge in [0.05, 0.1) is 31.6 Å². The lowest BCUT2D eigenvalue weighted by Gasteiger charge is -1.98. The summed E-state index contributed by atoms with van der Waals surface area (Å²) in [6, 6.07) is 17.7. The fraction of sp³-hybridized carbons (Fsp3) is 0. The van der Waals surface area contributed by atoms with Crippen LogP contribution in [0, 0.1) is 0 Å². The Hall–Kier alpha value is -3.62. The van der Waals surface area contributed by atoms with E-state index in [0.29, 0.717) is 0 Å². The third-order valence-corrected chi connectivity index (χ3v) is 6.78. The van der Waals surface area contributed by atoms with E-state index in [4.69, 9.17) is 10.2 Å². The molecule has 0 aliphatic carbocycles. The summed E-state index contributed by atoms with van der Waals surface area (Å²) in [5, 5.41) is 19.9. The zero-order valence-corrected chi connectivity index (χ0v) is 16.8. The molecule has 5 aromatic rings. The summed E-state index contributed by atoms with van der Waals surface area (Å²) >= 11 is 2.90. The second kappa shape index (κ2) is 7.01. The summed E-state index contributed by atoms with van der Waals surface area (Å²) in [6.45, 7) is 0. The van der Waals surface area contributed by atoms with Gasteiger partial charge in [-0.15, -0.1) is 22.7 Å². The van der Waals surface area contributed by atoms with Gasteiger partial charge in [0.15, 0.2) is 0 Å². The molecule has 0 aliphatic heterocycles. The molecule has 2 aromatic heterocycles. The molecule has 0 aliphatic rings. The van der Waals surface area contributed by atoms with Crippen LogP contribution in [0.3, 0.4) is 0 Å². The Kier molecular flexibility index (Phi) is 4.30. The van der Waals surface area contributed by atoms with Crippen molar-refractivity contribution in [3.63, 3.8) is 0 Å². The average molecular weight is 432 g/mol. The van der Waals surface area contributed by atoms with Crippen LogP contribution in [0.15, 0.2) is 60.7 Å². The number of carboxylic acids is 2. The van der Waals surface area contributed by atoms with Gasteiger partial charge in [-0.1, -0.05) is 24.3 Å². The molecule has 0 saturated heterocycles. The largest absolute Gasteiger partial charge is 0.478 e. The van der Waals surface area contributed by atoms with E-state index < -0.39 is 11.9 Å². The van der Waals surface area contributed by atoms with E-state index >= 15 is 0 Å². The topological polar surface area (TPSA) is 100 Å². The molecule has 2 N–H and O–H groups in total. The lowest BCUT2D eigenvalue weighted by atomic mass is 10.1. The Morgan fingerprint density at radius 3 is 1.40 bits per heavy atom. The van der Waals surface area contributed by atoms with Crippen LogP contribution in [-0.2, 0) is 0 Å². The second-order valence-electron chi connectivity index (χ2n) is 6.59. The number of fused-ring (bicyclic) bond motifs is 2. The van der Waals surface area contributed by atoms with E-state index in [0.717, 1.165) is 41.6 Å². The molecule has 30 heavy (non-hydrogen) atoms. The summed E-state index contributed by atoms with van der Waals surface area (Å²) < 4.78 is 1.66. The highest BCUT2D eigenvalue weighted by atomic mass is 32.1. The van der Waals surface area contributed by atoms with Crippen molar-refractivity contribution in [3.05, 3.63) is 71.8 Å². The van der Waals surface area contributed by atoms with Crippen LogP contribution in [-0.4, -0.2) is 32.1 Å². The molecule has 0 fully saturated rings. The number of hydrogen-bond acceptors (Lipinski definition) is 6. The van der Waals surface area contributed by atoms with Crippen LogP contribution in [0.2, 0.25) is 0 Å². The van der Waals surface area contributed by atoms with Crippen LogP contribution < -0.4 is 0 Å². The molecule has 0 amide bonds. The highest BCUT2D eigenvalue weighted by molar-refractivity contribution is 7.22. The Balaban J connectivity index is 1.48. The van der Waals surface area contributed by atoms with E-state index in [9.17, 15) is 9.59 Å². The van der Waals surface area contributed by atoms with Gasteiger partial charge in [-0.25, -0.2) is 19.6 Å². The first kappa shape index (κ1) is 18.4. The standard InChI is InChI=1S/C22H12N2O4S2/c25-21(26)13-5-7-15-17(9-13)29-19(23-15)11-1-2-12(4-3-11)20-24-16-8-6-14(22(27)28)10-18(16)30-20/h1-10H,(H,25,26)(H,27,28). The summed E-state index contributed by atoms with van der Waals surface area (Å²) in [5.74, 6) is -1.91. The van der Waals surface area contributed by atoms with Gasteiger partial charge >= 0.3 is 11.9 Å². The SMILES string of the molecule is O=C(O)c1ccc2nc(-c3ccc(-c4nc5ccc(C(=O)O)cc5s4)cc3)sc2c1. The summed E-state index contributed by atoms with van der Waals surface area (Å²) in [7, 11) is 0. The molecule has 3 aromatic carbocycles. The number of carbonyl (C=O) groups is 2. The molecular formula is C22H12N2O4S2. The van der Waals surface area contributed by atoms with Crippen LogP contribution >= 0.6 is 22.7 Å². The van der Waals surface area contributed by atoms with Crippen molar-refractivity contribution < 1.29 is 19.8 Å². The molecular weight excluding hydrogens is 420 g/mol. The zero-order chi connectivity index (χ0) is 20.8. The summed E-state index contributed by atoms with van der Waals surface area (Å²) in [5.41, 5.74) is 3.90. The maximum absolute atomic E-state index is 11.2. The number of carboxylic acid groups (broad SMARTS) is 2. The average Bonchev–Trinajstić information content (AvgIpc) is 3.36. The lowest BCUT2D eigenvalue weighted by molar-refractivity contribution is 0.0686. The Morgan fingerprint density at radius 1 is 0.633 bits per heavy atom. The maximum Gasteiger partial charge on any atom is 0.335 e. The van der Waals surface area contributed by atoms with Crippen LogP contribution in [0.25, 0.3) is 41.6 Å². The molecule has 2 heterocycles. The summed E-state index contributed by atoms with van der Waals surface area (Å²) in [4.78, 5) is 31.5. The van der Waals surface area contributed by atoms with E-state index in [1.54, 1.807) is 36.4 Å². The van der Waals surface area contributed by atoms with Crippen molar-refractivity contribution >= 4 is 55.0 Å². The van der Waals surface area contributed by atoms with Crippen molar-refractivity contribution in [3.8, 4) is 21.1 Å². The van der Waals surface area contributed by atoms with E-state index in [-0.39, 0.29) is 11.1 Å². The molecule has 0 unspecified atom stereocenters. The smallest absolute Gasteiger partial charge is 0.335 e. The van der Waals surface area contributed by atoms with E-state index in [1.165, 1.54) is 22.7 Å². The normalized spacial score (nSPS) is 11.2. The van der Waals surface area contributed by atoms with Gasteiger partial charge in [0.25, 0.3) is 0 Å². The van der Waals surface area contributed by atoms with Gasteiger partial charge in [-0.05, 0) is 36.4 Å². The Labute approximate surface area is 177 Å². The number of benzene rings is 3. The highest BCUT2D eigenvalue weighted by Crippen LogP contribution is 2.34. The molecule has 0 atom stereocenters. The predicted molar refractivity (Wildman–Crippen MR) is 118 cm³/mol. The van der Waals surface area contributed by atoms with Crippen LogP contribution in [0.1, 0.15) is 20.7 Å². The zero-order valence-electron chi connectivity index (χ0n) is 15.2. The van der Waals surface area contributed by atoms with Crippen LogP contribution in [0.4, 0.5) is 0 Å². The summed E-state index contributed by atoms with van der Waals surface area (Å²) in [6.07, 6.45) is 0. The minimum atomic E-state index is -0.956. The number of aromatic carboxylic acids is 2. The van der Waals surface area contributed by atoms with Gasteiger partial charge in [-0.2, -0.15) is 0 Å². The maximum atomic E-state index is 11.2. The number of aromatic nitrogens is 2. The number of rotatable bonds is 4. The first-order valence-electron chi connectivity index (χ1n) is 8.86. The fourth-order valence-electron chi connectivity index (χ4n) is 3.12. The van der Waals surface area contributed by atoms with E-state index in [2.05, 4.69) is 9.97 Å². The van der Waals surface area contributed by atoms with Gasteiger partial charge in [0.2, 0.25) is 0 Å². The third kappa shape index (κ3) is 3.22. The van der Waals surface area contributed by atoms with E-state index in [1.807, 2.05) is 24.3 Å². The second-order valence-corrected chi connectivity index (χ2v) is 8.65. The minimum absolute atomic E-state index is 0.245. The molecule has 0 radical (unpaired) electrons. The van der Waals surface area contributed by atoms with Gasteiger partial charge < -0.3 is 10.2 Å². The predicted octanol–water partition coefficient (Wildman–Crippen LogP) is 5.64. The van der Waals surface area contributed by atoms with Crippen LogP contribution in [0.5, 0.6) is 0 Å². The molecule has 5 rings (SSSR count). The van der Waals surface area contributed by atoms with Crippen molar-refractivity contribution in [2.75, 3.05) is 0 Å². The van der Waals surface area contributed by atoms with Crippen molar-refractivity contribution in [2.45, 2.75) is 0 Å². The minimum Gasteiger partial charge on any atom is -0.478 e. The molecule has 0 spiro atoms. The molecule has 6 nitrogen and oxygen atoms in total. The Bertz CT molecular complexity index is 1340. The monoisotopic (exact) mass is 432 g/mol. The fourth-order valence-corrected chi connectivity index (χ4v) is 5.14. The van der Waals surface area contributed by atoms with Crippen molar-refractivity contribution in [1.82, 2.24) is 9.97 Å². The first-order valence-corrected chi connectivity index (χ1v) is 10.5. The molecule has 0 saturated carbocycles. The number of nitrogens with zero attached hydrogens (tertiary/aromatic N) is 2. The molecule has 146 valence electrons. The number of hydrogen-bond donors (Lipinski definition) is 2. The lowest BCUT2D eigenvalue weighted by Crippen LogP contribution is -1.94. The first-order chi connectivity index (χ1) is 14.5. The third-order valence-electron chi connectivity index (χ3n) is 4.65. The number of thiazole rings is 2. The van der Waals surface area contributed by atoms with Gasteiger partial charge in [0.1, 0.15) is 10.0 Å². The van der Waals surface area contributed by atoms with Crippen molar-refractivity contribution in [2.24, 2.45) is 0 Å². The quantitative estimate of drug-likeness (QED) is 0.381. The molecule has 8 heteroatoms.